The van der Waals surface area contributed by atoms with E-state index in [2.05, 4.69) is 10.0 Å². The summed E-state index contributed by atoms with van der Waals surface area (Å²) in [5.74, 6) is 0.815. The highest BCUT2D eigenvalue weighted by Gasteiger charge is 2.02. The SMILES string of the molecule is Cc1cc2c(N=[N+]=[N-])cccc2o1. The third-order valence-electron chi connectivity index (χ3n) is 1.81. The third-order valence-corrected chi connectivity index (χ3v) is 1.81. The van der Waals surface area contributed by atoms with Crippen LogP contribution in [0.15, 0.2) is 33.8 Å². The molecule has 0 atom stereocenters. The Kier molecular flexibility index (Phi) is 1.69. The van der Waals surface area contributed by atoms with E-state index >= 15 is 0 Å². The van der Waals surface area contributed by atoms with Crippen molar-refractivity contribution in [2.75, 3.05) is 0 Å². The average Bonchev–Trinajstić information content (AvgIpc) is 2.47. The number of aryl methyl sites for hydroxylation is 1. The second-order valence-corrected chi connectivity index (χ2v) is 2.74. The lowest BCUT2D eigenvalue weighted by Crippen LogP contribution is -1.63. The molecule has 0 radical (unpaired) electrons. The minimum atomic E-state index is 0.608. The molecule has 4 heteroatoms. The van der Waals surface area contributed by atoms with Gasteiger partial charge in [-0.3, -0.25) is 0 Å². The maximum atomic E-state index is 8.31. The van der Waals surface area contributed by atoms with Crippen molar-refractivity contribution in [1.82, 2.24) is 0 Å². The molecule has 0 saturated carbocycles. The Balaban J connectivity index is 2.81. The van der Waals surface area contributed by atoms with Crippen molar-refractivity contribution in [3.05, 3.63) is 40.5 Å². The van der Waals surface area contributed by atoms with Crippen molar-refractivity contribution in [3.8, 4) is 0 Å². The zero-order chi connectivity index (χ0) is 9.26. The molecule has 0 aliphatic rings. The van der Waals surface area contributed by atoms with Gasteiger partial charge in [0.1, 0.15) is 11.3 Å². The van der Waals surface area contributed by atoms with E-state index in [1.165, 1.54) is 0 Å². The predicted octanol–water partition coefficient (Wildman–Crippen LogP) is 3.68. The maximum absolute atomic E-state index is 8.31. The number of hydrogen-bond donors (Lipinski definition) is 0. The highest BCUT2D eigenvalue weighted by Crippen LogP contribution is 2.28. The first kappa shape index (κ1) is 7.71. The first-order valence-corrected chi connectivity index (χ1v) is 3.85. The van der Waals surface area contributed by atoms with Crippen LogP contribution in [-0.2, 0) is 0 Å². The summed E-state index contributed by atoms with van der Waals surface area (Å²) >= 11 is 0. The highest BCUT2D eigenvalue weighted by atomic mass is 16.3. The van der Waals surface area contributed by atoms with E-state index in [1.807, 2.05) is 19.1 Å². The van der Waals surface area contributed by atoms with Gasteiger partial charge in [-0.05, 0) is 24.6 Å². The van der Waals surface area contributed by atoms with Gasteiger partial charge in [0.15, 0.2) is 0 Å². The van der Waals surface area contributed by atoms with E-state index in [0.29, 0.717) is 5.69 Å². The van der Waals surface area contributed by atoms with Crippen LogP contribution in [-0.4, -0.2) is 0 Å². The van der Waals surface area contributed by atoms with E-state index in [1.54, 1.807) is 12.1 Å². The van der Waals surface area contributed by atoms with Crippen LogP contribution in [0.4, 0.5) is 5.69 Å². The molecule has 4 nitrogen and oxygen atoms in total. The lowest BCUT2D eigenvalue weighted by atomic mass is 10.2. The lowest BCUT2D eigenvalue weighted by molar-refractivity contribution is 0.578. The van der Waals surface area contributed by atoms with Gasteiger partial charge < -0.3 is 4.42 Å². The molecule has 13 heavy (non-hydrogen) atoms. The van der Waals surface area contributed by atoms with Crippen LogP contribution in [0, 0.1) is 6.92 Å². The summed E-state index contributed by atoms with van der Waals surface area (Å²) < 4.78 is 5.37. The van der Waals surface area contributed by atoms with Gasteiger partial charge in [0.25, 0.3) is 0 Å². The summed E-state index contributed by atoms with van der Waals surface area (Å²) in [6.45, 7) is 1.86. The van der Waals surface area contributed by atoms with Crippen LogP contribution < -0.4 is 0 Å². The van der Waals surface area contributed by atoms with Crippen molar-refractivity contribution in [2.45, 2.75) is 6.92 Å². The summed E-state index contributed by atoms with van der Waals surface area (Å²) in [7, 11) is 0. The molecular weight excluding hydrogens is 166 g/mol. The summed E-state index contributed by atoms with van der Waals surface area (Å²) in [5, 5.41) is 4.43. The zero-order valence-electron chi connectivity index (χ0n) is 7.06. The van der Waals surface area contributed by atoms with Crippen molar-refractivity contribution < 1.29 is 4.42 Å². The van der Waals surface area contributed by atoms with E-state index in [0.717, 1.165) is 16.7 Å². The fraction of sp³-hybridized carbons (Fsp3) is 0.111. The Morgan fingerprint density at radius 1 is 1.46 bits per heavy atom. The molecule has 64 valence electrons. The number of azide groups is 1. The smallest absolute Gasteiger partial charge is 0.134 e. The van der Waals surface area contributed by atoms with Crippen LogP contribution >= 0.6 is 0 Å². The van der Waals surface area contributed by atoms with E-state index in [-0.39, 0.29) is 0 Å². The van der Waals surface area contributed by atoms with Crippen LogP contribution in [0.5, 0.6) is 0 Å². The zero-order valence-corrected chi connectivity index (χ0v) is 7.06. The van der Waals surface area contributed by atoms with Crippen LogP contribution in [0.1, 0.15) is 5.76 Å². The third kappa shape index (κ3) is 1.23. The second kappa shape index (κ2) is 2.84. The van der Waals surface area contributed by atoms with Crippen LogP contribution in [0.25, 0.3) is 21.4 Å². The number of rotatable bonds is 1. The van der Waals surface area contributed by atoms with Crippen molar-refractivity contribution in [2.24, 2.45) is 5.11 Å². The number of nitrogens with zero attached hydrogens (tertiary/aromatic N) is 3. The molecule has 0 aliphatic heterocycles. The van der Waals surface area contributed by atoms with Gasteiger partial charge in [-0.25, -0.2) is 0 Å². The number of hydrogen-bond acceptors (Lipinski definition) is 2. The fourth-order valence-corrected chi connectivity index (χ4v) is 1.31. The number of benzene rings is 1. The lowest BCUT2D eigenvalue weighted by Gasteiger charge is -1.90. The van der Waals surface area contributed by atoms with Gasteiger partial charge in [-0.1, -0.05) is 17.2 Å². The van der Waals surface area contributed by atoms with Gasteiger partial charge in [0, 0.05) is 16.0 Å². The van der Waals surface area contributed by atoms with Crippen molar-refractivity contribution in [3.63, 3.8) is 0 Å². The summed E-state index contributed by atoms with van der Waals surface area (Å²) in [6.07, 6.45) is 0. The molecule has 0 spiro atoms. The Morgan fingerprint density at radius 3 is 3.08 bits per heavy atom. The number of fused-ring (bicyclic) bond motifs is 1. The molecule has 0 aliphatic carbocycles. The van der Waals surface area contributed by atoms with Gasteiger partial charge in [-0.15, -0.1) is 0 Å². The molecule has 0 bridgehead atoms. The van der Waals surface area contributed by atoms with Gasteiger partial charge in [0.2, 0.25) is 0 Å². The van der Waals surface area contributed by atoms with E-state index in [9.17, 15) is 0 Å². The molecular formula is C9H7N3O. The minimum absolute atomic E-state index is 0.608. The van der Waals surface area contributed by atoms with Crippen LogP contribution in [0.3, 0.4) is 0 Å². The minimum Gasteiger partial charge on any atom is -0.461 e. The quantitative estimate of drug-likeness (QED) is 0.368. The van der Waals surface area contributed by atoms with Gasteiger partial charge in [-0.2, -0.15) is 0 Å². The van der Waals surface area contributed by atoms with Crippen molar-refractivity contribution in [1.29, 1.82) is 0 Å². The molecule has 1 aromatic carbocycles. The highest BCUT2D eigenvalue weighted by molar-refractivity contribution is 5.89. The second-order valence-electron chi connectivity index (χ2n) is 2.74. The van der Waals surface area contributed by atoms with E-state index < -0.39 is 0 Å². The Morgan fingerprint density at radius 2 is 2.31 bits per heavy atom. The Hall–Kier alpha value is -1.93. The first-order chi connectivity index (χ1) is 6.31. The standard InChI is InChI=1S/C9H7N3O/c1-6-5-7-8(11-12-10)3-2-4-9(7)13-6/h2-5H,1H3. The number of furan rings is 1. The maximum Gasteiger partial charge on any atom is 0.134 e. The fourth-order valence-electron chi connectivity index (χ4n) is 1.31. The summed E-state index contributed by atoms with van der Waals surface area (Å²) in [5.41, 5.74) is 9.67. The first-order valence-electron chi connectivity index (χ1n) is 3.85. The van der Waals surface area contributed by atoms with Crippen LogP contribution in [0.2, 0.25) is 0 Å². The molecule has 1 heterocycles. The topological polar surface area (TPSA) is 61.9 Å². The molecule has 2 aromatic rings. The monoisotopic (exact) mass is 173 g/mol. The largest absolute Gasteiger partial charge is 0.461 e. The van der Waals surface area contributed by atoms with Crippen molar-refractivity contribution >= 4 is 16.7 Å². The predicted molar refractivity (Wildman–Crippen MR) is 49.8 cm³/mol. The molecule has 0 unspecified atom stereocenters. The summed E-state index contributed by atoms with van der Waals surface area (Å²) in [6, 6.07) is 7.27. The molecule has 0 amide bonds. The Bertz CT molecular complexity index is 495. The average molecular weight is 173 g/mol. The normalized spacial score (nSPS) is 9.92. The molecule has 1 aromatic heterocycles. The molecule has 2 rings (SSSR count). The summed E-state index contributed by atoms with van der Waals surface area (Å²) in [4.78, 5) is 2.75. The molecule has 0 fully saturated rings. The van der Waals surface area contributed by atoms with Gasteiger partial charge >= 0.3 is 0 Å². The van der Waals surface area contributed by atoms with Gasteiger partial charge in [0.05, 0.1) is 0 Å². The van der Waals surface area contributed by atoms with E-state index in [4.69, 9.17) is 9.95 Å². The Labute approximate surface area is 74.4 Å². The molecule has 0 saturated heterocycles. The molecule has 0 N–H and O–H groups in total.